The van der Waals surface area contributed by atoms with Crippen molar-refractivity contribution in [3.05, 3.63) is 0 Å². The summed E-state index contributed by atoms with van der Waals surface area (Å²) in [7, 11) is 0. The van der Waals surface area contributed by atoms with E-state index in [0.29, 0.717) is 6.54 Å². The molecule has 0 radical (unpaired) electrons. The van der Waals surface area contributed by atoms with E-state index in [2.05, 4.69) is 5.32 Å². The highest BCUT2D eigenvalue weighted by Gasteiger charge is 2.20. The highest BCUT2D eigenvalue weighted by Crippen LogP contribution is 1.99. The number of hydrogen-bond donors (Lipinski definition) is 2. The van der Waals surface area contributed by atoms with Crippen LogP contribution in [-0.2, 0) is 14.4 Å². The summed E-state index contributed by atoms with van der Waals surface area (Å²) in [4.78, 5) is 34.3. The first-order chi connectivity index (χ1) is 6.59. The first kappa shape index (κ1) is 10.5. The van der Waals surface area contributed by atoms with Crippen molar-refractivity contribution < 1.29 is 14.4 Å². The Hall–Kier alpha value is -1.59. The predicted molar refractivity (Wildman–Crippen MR) is 48.0 cm³/mol. The minimum Gasteiger partial charge on any atom is -0.370 e. The molecule has 1 rings (SSSR count). The van der Waals surface area contributed by atoms with Crippen LogP contribution in [0.4, 0.5) is 0 Å². The topological polar surface area (TPSA) is 92.5 Å². The number of carbonyl (C=O) groups is 3. The van der Waals surface area contributed by atoms with Gasteiger partial charge >= 0.3 is 0 Å². The average molecular weight is 199 g/mol. The Morgan fingerprint density at radius 1 is 1.50 bits per heavy atom. The van der Waals surface area contributed by atoms with Crippen molar-refractivity contribution in [1.29, 1.82) is 0 Å². The van der Waals surface area contributed by atoms with Crippen LogP contribution in [0.5, 0.6) is 0 Å². The summed E-state index contributed by atoms with van der Waals surface area (Å²) in [5.74, 6) is -0.785. The standard InChI is InChI=1S/C8H13N3O3/c9-6(12)2-4-11-5-7(13)10-3-1-8(11)14/h1-5H2,(H2,9,12)(H,10,13). The van der Waals surface area contributed by atoms with Crippen LogP contribution in [-0.4, -0.2) is 42.3 Å². The van der Waals surface area contributed by atoms with Gasteiger partial charge in [0, 0.05) is 25.9 Å². The van der Waals surface area contributed by atoms with Gasteiger partial charge in [0.15, 0.2) is 0 Å². The molecule has 1 aliphatic heterocycles. The Morgan fingerprint density at radius 2 is 2.21 bits per heavy atom. The zero-order chi connectivity index (χ0) is 10.6. The van der Waals surface area contributed by atoms with Gasteiger partial charge in [0.05, 0.1) is 6.54 Å². The molecule has 6 heteroatoms. The molecule has 6 nitrogen and oxygen atoms in total. The molecule has 3 N–H and O–H groups in total. The lowest BCUT2D eigenvalue weighted by molar-refractivity contribution is -0.134. The number of rotatable bonds is 3. The summed E-state index contributed by atoms with van der Waals surface area (Å²) in [6, 6.07) is 0. The van der Waals surface area contributed by atoms with Crippen molar-refractivity contribution in [3.8, 4) is 0 Å². The third kappa shape index (κ3) is 3.04. The highest BCUT2D eigenvalue weighted by atomic mass is 16.2. The van der Waals surface area contributed by atoms with Gasteiger partial charge in [-0.3, -0.25) is 14.4 Å². The van der Waals surface area contributed by atoms with Crippen LogP contribution in [0, 0.1) is 0 Å². The van der Waals surface area contributed by atoms with E-state index in [-0.39, 0.29) is 37.7 Å². The monoisotopic (exact) mass is 199 g/mol. The van der Waals surface area contributed by atoms with Gasteiger partial charge in [0.25, 0.3) is 0 Å². The van der Waals surface area contributed by atoms with Crippen LogP contribution in [0.3, 0.4) is 0 Å². The Bertz CT molecular complexity index is 265. The molecule has 0 aromatic rings. The predicted octanol–water partition coefficient (Wildman–Crippen LogP) is -1.79. The summed E-state index contributed by atoms with van der Waals surface area (Å²) in [6.07, 6.45) is 0.378. The minimum atomic E-state index is -0.470. The van der Waals surface area contributed by atoms with E-state index in [0.717, 1.165) is 0 Å². The lowest BCUT2D eigenvalue weighted by Gasteiger charge is -2.17. The molecule has 0 unspecified atom stereocenters. The maximum absolute atomic E-state index is 11.4. The van der Waals surface area contributed by atoms with Crippen molar-refractivity contribution in [1.82, 2.24) is 10.2 Å². The first-order valence-corrected chi connectivity index (χ1v) is 4.42. The fraction of sp³-hybridized carbons (Fsp3) is 0.625. The van der Waals surface area contributed by atoms with Crippen LogP contribution >= 0.6 is 0 Å². The number of nitrogens with two attached hydrogens (primary N) is 1. The Balaban J connectivity index is 2.50. The molecule has 0 aromatic carbocycles. The van der Waals surface area contributed by atoms with Crippen LogP contribution in [0.1, 0.15) is 12.8 Å². The van der Waals surface area contributed by atoms with E-state index >= 15 is 0 Å². The van der Waals surface area contributed by atoms with Gasteiger partial charge in [-0.15, -0.1) is 0 Å². The smallest absolute Gasteiger partial charge is 0.239 e. The second kappa shape index (κ2) is 4.59. The Kier molecular flexibility index (Phi) is 3.44. The fourth-order valence-electron chi connectivity index (χ4n) is 1.23. The minimum absolute atomic E-state index is 0.0200. The van der Waals surface area contributed by atoms with E-state index in [1.807, 2.05) is 0 Å². The van der Waals surface area contributed by atoms with Gasteiger partial charge in [-0.05, 0) is 0 Å². The maximum Gasteiger partial charge on any atom is 0.239 e. The van der Waals surface area contributed by atoms with E-state index in [9.17, 15) is 14.4 Å². The van der Waals surface area contributed by atoms with Crippen LogP contribution in [0.2, 0.25) is 0 Å². The number of nitrogens with one attached hydrogen (secondary N) is 1. The first-order valence-electron chi connectivity index (χ1n) is 4.42. The SMILES string of the molecule is NC(=O)CCN1CC(=O)NCCC1=O. The third-order valence-electron chi connectivity index (χ3n) is 1.98. The van der Waals surface area contributed by atoms with Gasteiger partial charge in [-0.2, -0.15) is 0 Å². The fourth-order valence-corrected chi connectivity index (χ4v) is 1.23. The van der Waals surface area contributed by atoms with Crippen LogP contribution in [0.25, 0.3) is 0 Å². The Morgan fingerprint density at radius 3 is 2.86 bits per heavy atom. The summed E-state index contributed by atoms with van der Waals surface area (Å²) >= 11 is 0. The summed E-state index contributed by atoms with van der Waals surface area (Å²) in [5.41, 5.74) is 4.95. The summed E-state index contributed by atoms with van der Waals surface area (Å²) < 4.78 is 0. The normalized spacial score (nSPS) is 17.6. The van der Waals surface area contributed by atoms with Crippen molar-refractivity contribution in [2.75, 3.05) is 19.6 Å². The van der Waals surface area contributed by atoms with E-state index < -0.39 is 5.91 Å². The number of primary amides is 1. The highest BCUT2D eigenvalue weighted by molar-refractivity contribution is 5.87. The lowest BCUT2D eigenvalue weighted by atomic mass is 10.3. The maximum atomic E-state index is 11.4. The average Bonchev–Trinajstić information content (AvgIpc) is 2.25. The zero-order valence-corrected chi connectivity index (χ0v) is 7.78. The molecule has 1 saturated heterocycles. The lowest BCUT2D eigenvalue weighted by Crippen LogP contribution is -2.37. The van der Waals surface area contributed by atoms with Crippen molar-refractivity contribution in [2.24, 2.45) is 5.73 Å². The molecule has 78 valence electrons. The van der Waals surface area contributed by atoms with Crippen LogP contribution < -0.4 is 11.1 Å². The molecule has 1 heterocycles. The number of carbonyl (C=O) groups excluding carboxylic acids is 3. The van der Waals surface area contributed by atoms with Crippen molar-refractivity contribution in [2.45, 2.75) is 12.8 Å². The number of amides is 3. The van der Waals surface area contributed by atoms with Gasteiger partial charge in [0.1, 0.15) is 0 Å². The molecule has 0 atom stereocenters. The molecule has 0 aliphatic carbocycles. The van der Waals surface area contributed by atoms with E-state index in [1.54, 1.807) is 0 Å². The molecule has 0 bridgehead atoms. The summed E-state index contributed by atoms with van der Waals surface area (Å²) in [6.45, 7) is 0.610. The van der Waals surface area contributed by atoms with E-state index in [4.69, 9.17) is 5.73 Å². The largest absolute Gasteiger partial charge is 0.370 e. The van der Waals surface area contributed by atoms with Crippen molar-refractivity contribution >= 4 is 17.7 Å². The number of hydrogen-bond acceptors (Lipinski definition) is 3. The van der Waals surface area contributed by atoms with Gasteiger partial charge in [0.2, 0.25) is 17.7 Å². The van der Waals surface area contributed by atoms with E-state index in [1.165, 1.54) is 4.90 Å². The third-order valence-corrected chi connectivity index (χ3v) is 1.98. The van der Waals surface area contributed by atoms with Gasteiger partial charge in [-0.1, -0.05) is 0 Å². The molecular formula is C8H13N3O3. The molecule has 0 aromatic heterocycles. The molecule has 1 fully saturated rings. The molecule has 1 aliphatic rings. The van der Waals surface area contributed by atoms with Crippen molar-refractivity contribution in [3.63, 3.8) is 0 Å². The molecular weight excluding hydrogens is 186 g/mol. The summed E-state index contributed by atoms with van der Waals surface area (Å²) in [5, 5.41) is 2.57. The molecule has 14 heavy (non-hydrogen) atoms. The van der Waals surface area contributed by atoms with Gasteiger partial charge < -0.3 is 16.0 Å². The second-order valence-electron chi connectivity index (χ2n) is 3.13. The second-order valence-corrected chi connectivity index (χ2v) is 3.13. The number of nitrogens with zero attached hydrogens (tertiary/aromatic N) is 1. The molecule has 0 spiro atoms. The van der Waals surface area contributed by atoms with Gasteiger partial charge in [-0.25, -0.2) is 0 Å². The Labute approximate surface area is 81.4 Å². The molecule has 3 amide bonds. The molecule has 0 saturated carbocycles. The van der Waals surface area contributed by atoms with Crippen LogP contribution in [0.15, 0.2) is 0 Å². The zero-order valence-electron chi connectivity index (χ0n) is 7.78. The quantitative estimate of drug-likeness (QED) is 0.562.